The van der Waals surface area contributed by atoms with E-state index >= 15 is 0 Å². The van der Waals surface area contributed by atoms with Gasteiger partial charge in [0, 0.05) is 32.4 Å². The molecule has 13 heavy (non-hydrogen) atoms. The van der Waals surface area contributed by atoms with Crippen LogP contribution in [0.25, 0.3) is 0 Å². The molecule has 2 N–H and O–H groups in total. The maximum Gasteiger partial charge on any atom is 0.489 e. The smallest absolute Gasteiger partial charge is 0.423 e. The zero-order valence-electron chi connectivity index (χ0n) is 6.90. The van der Waals surface area contributed by atoms with Gasteiger partial charge in [0.05, 0.1) is 0 Å². The van der Waals surface area contributed by atoms with E-state index in [2.05, 4.69) is 0 Å². The first kappa shape index (κ1) is 10.7. The van der Waals surface area contributed by atoms with Gasteiger partial charge in [-0.1, -0.05) is 17.7 Å². The summed E-state index contributed by atoms with van der Waals surface area (Å²) in [5.41, 5.74) is 0.218. The minimum Gasteiger partial charge on any atom is -0.423 e. The van der Waals surface area contributed by atoms with Crippen LogP contribution < -0.4 is 5.46 Å². The second-order valence-electron chi connectivity index (χ2n) is 2.51. The van der Waals surface area contributed by atoms with Crippen LogP contribution in [0.5, 0.6) is 0 Å². The zero-order chi connectivity index (χ0) is 10.0. The lowest BCUT2D eigenvalue weighted by Crippen LogP contribution is -2.30. The molecular weight excluding hydrogens is 210 g/mol. The van der Waals surface area contributed by atoms with E-state index in [9.17, 15) is 4.21 Å². The Bertz CT molecular complexity index is 343. The van der Waals surface area contributed by atoms with Crippen molar-refractivity contribution in [2.45, 2.75) is 4.90 Å². The first-order valence-electron chi connectivity index (χ1n) is 3.51. The normalized spacial score (nSPS) is 12.6. The van der Waals surface area contributed by atoms with Crippen molar-refractivity contribution in [3.05, 3.63) is 23.2 Å². The summed E-state index contributed by atoms with van der Waals surface area (Å²) >= 11 is 5.71. The second kappa shape index (κ2) is 4.24. The molecule has 3 nitrogen and oxygen atoms in total. The average molecular weight is 218 g/mol. The first-order valence-corrected chi connectivity index (χ1v) is 5.45. The molecule has 0 saturated heterocycles. The van der Waals surface area contributed by atoms with E-state index in [-0.39, 0.29) is 10.5 Å². The summed E-state index contributed by atoms with van der Waals surface area (Å²) in [4.78, 5) is 0.564. The van der Waals surface area contributed by atoms with Gasteiger partial charge in [0.25, 0.3) is 0 Å². The van der Waals surface area contributed by atoms with Crippen LogP contribution in [-0.2, 0) is 10.8 Å². The molecule has 1 rings (SSSR count). The zero-order valence-corrected chi connectivity index (χ0v) is 8.47. The molecular formula is C7H8BClO3S. The summed E-state index contributed by atoms with van der Waals surface area (Å²) in [6.45, 7) is 0. The number of halogens is 1. The van der Waals surface area contributed by atoms with Crippen LogP contribution >= 0.6 is 11.6 Å². The average Bonchev–Trinajstić information content (AvgIpc) is 2.03. The molecule has 0 spiro atoms. The molecule has 0 bridgehead atoms. The Morgan fingerprint density at radius 2 is 2.08 bits per heavy atom. The number of rotatable bonds is 2. The van der Waals surface area contributed by atoms with Crippen molar-refractivity contribution in [2.75, 3.05) is 6.26 Å². The van der Waals surface area contributed by atoms with Crippen LogP contribution in [0.2, 0.25) is 5.02 Å². The lowest BCUT2D eigenvalue weighted by molar-refractivity contribution is 0.426. The Morgan fingerprint density at radius 1 is 1.46 bits per heavy atom. The molecule has 70 valence electrons. The van der Waals surface area contributed by atoms with Crippen molar-refractivity contribution in [1.82, 2.24) is 0 Å². The molecule has 1 atom stereocenters. The molecule has 0 aliphatic heterocycles. The standard InChI is InChI=1S/C7H8BClO3S/c1-13(12)5-2-3-6(8(10)11)7(9)4-5/h2-4,10-11H,1H3. The molecule has 0 aromatic heterocycles. The van der Waals surface area contributed by atoms with Gasteiger partial charge in [0.15, 0.2) is 0 Å². The van der Waals surface area contributed by atoms with Crippen molar-refractivity contribution >= 4 is 35.0 Å². The van der Waals surface area contributed by atoms with Gasteiger partial charge >= 0.3 is 7.12 Å². The highest BCUT2D eigenvalue weighted by Gasteiger charge is 2.15. The molecule has 1 aromatic carbocycles. The Labute approximate surface area is 84.0 Å². The minimum atomic E-state index is -1.59. The van der Waals surface area contributed by atoms with Crippen LogP contribution in [0.4, 0.5) is 0 Å². The molecule has 0 aliphatic carbocycles. The first-order chi connectivity index (χ1) is 6.02. The summed E-state index contributed by atoms with van der Waals surface area (Å²) in [7, 11) is -2.70. The predicted molar refractivity (Wildman–Crippen MR) is 53.6 cm³/mol. The Kier molecular flexibility index (Phi) is 3.50. The summed E-state index contributed by atoms with van der Waals surface area (Å²) in [6.07, 6.45) is 1.53. The molecule has 0 heterocycles. The fraction of sp³-hybridized carbons (Fsp3) is 0.143. The Morgan fingerprint density at radius 3 is 2.46 bits per heavy atom. The molecule has 1 aromatic rings. The van der Waals surface area contributed by atoms with Gasteiger partial charge in [0.2, 0.25) is 0 Å². The highest BCUT2D eigenvalue weighted by Crippen LogP contribution is 2.11. The van der Waals surface area contributed by atoms with Crippen molar-refractivity contribution in [3.63, 3.8) is 0 Å². The SMILES string of the molecule is CS(=O)c1ccc(B(O)O)c(Cl)c1. The summed E-state index contributed by atoms with van der Waals surface area (Å²) in [5, 5.41) is 17.9. The molecule has 0 amide bonds. The minimum absolute atomic E-state index is 0.211. The van der Waals surface area contributed by atoms with E-state index in [4.69, 9.17) is 21.6 Å². The molecule has 1 unspecified atom stereocenters. The van der Waals surface area contributed by atoms with Gasteiger partial charge in [-0.05, 0) is 12.1 Å². The fourth-order valence-electron chi connectivity index (χ4n) is 0.896. The second-order valence-corrected chi connectivity index (χ2v) is 4.30. The number of hydrogen-bond acceptors (Lipinski definition) is 3. The summed E-state index contributed by atoms with van der Waals surface area (Å²) in [6, 6.07) is 4.47. The predicted octanol–water partition coefficient (Wildman–Crippen LogP) is -0.243. The van der Waals surface area contributed by atoms with E-state index in [1.54, 1.807) is 6.07 Å². The van der Waals surface area contributed by atoms with Crippen molar-refractivity contribution in [3.8, 4) is 0 Å². The maximum atomic E-state index is 11.0. The number of benzene rings is 1. The van der Waals surface area contributed by atoms with E-state index in [1.165, 1.54) is 18.4 Å². The van der Waals surface area contributed by atoms with E-state index in [0.29, 0.717) is 4.90 Å². The van der Waals surface area contributed by atoms with Crippen molar-refractivity contribution in [2.24, 2.45) is 0 Å². The highest BCUT2D eigenvalue weighted by atomic mass is 35.5. The van der Waals surface area contributed by atoms with Crippen LogP contribution in [-0.4, -0.2) is 27.6 Å². The van der Waals surface area contributed by atoms with Gasteiger partial charge < -0.3 is 10.0 Å². The van der Waals surface area contributed by atoms with Gasteiger partial charge in [-0.3, -0.25) is 4.21 Å². The monoisotopic (exact) mass is 218 g/mol. The van der Waals surface area contributed by atoms with Gasteiger partial charge in [0.1, 0.15) is 0 Å². The summed E-state index contributed by atoms with van der Waals surface area (Å²) in [5.74, 6) is 0. The fourth-order valence-corrected chi connectivity index (χ4v) is 1.78. The van der Waals surface area contributed by atoms with Crippen molar-refractivity contribution < 1.29 is 14.3 Å². The molecule has 0 radical (unpaired) electrons. The summed E-state index contributed by atoms with van der Waals surface area (Å²) < 4.78 is 11.0. The third-order valence-corrected chi connectivity index (χ3v) is 2.83. The van der Waals surface area contributed by atoms with E-state index < -0.39 is 17.9 Å². The topological polar surface area (TPSA) is 57.5 Å². The third kappa shape index (κ3) is 2.54. The van der Waals surface area contributed by atoms with Crippen LogP contribution in [0, 0.1) is 0 Å². The lowest BCUT2D eigenvalue weighted by atomic mass is 9.80. The van der Waals surface area contributed by atoms with Crippen LogP contribution in [0.15, 0.2) is 23.1 Å². The Balaban J connectivity index is 3.13. The van der Waals surface area contributed by atoms with Crippen molar-refractivity contribution in [1.29, 1.82) is 0 Å². The largest absolute Gasteiger partial charge is 0.489 e. The maximum absolute atomic E-state index is 11.0. The molecule has 0 fully saturated rings. The lowest BCUT2D eigenvalue weighted by Gasteiger charge is -2.03. The molecule has 6 heteroatoms. The van der Waals surface area contributed by atoms with Gasteiger partial charge in [-0.15, -0.1) is 0 Å². The quantitative estimate of drug-likeness (QED) is 0.674. The molecule has 0 saturated carbocycles. The highest BCUT2D eigenvalue weighted by molar-refractivity contribution is 7.84. The van der Waals surface area contributed by atoms with Gasteiger partial charge in [-0.2, -0.15) is 0 Å². The van der Waals surface area contributed by atoms with Gasteiger partial charge in [-0.25, -0.2) is 0 Å². The van der Waals surface area contributed by atoms with E-state index in [0.717, 1.165) is 0 Å². The molecule has 0 aliphatic rings. The Hall–Kier alpha value is -0.355. The van der Waals surface area contributed by atoms with Crippen LogP contribution in [0.3, 0.4) is 0 Å². The van der Waals surface area contributed by atoms with E-state index in [1.807, 2.05) is 0 Å². The number of hydrogen-bond donors (Lipinski definition) is 2. The third-order valence-electron chi connectivity index (χ3n) is 1.58. The van der Waals surface area contributed by atoms with Crippen LogP contribution in [0.1, 0.15) is 0 Å².